The predicted molar refractivity (Wildman–Crippen MR) is 82.9 cm³/mol. The zero-order chi connectivity index (χ0) is 17.0. The molecule has 2 aromatic carbocycles. The van der Waals surface area contributed by atoms with Crippen LogP contribution < -0.4 is 11.5 Å². The van der Waals surface area contributed by atoms with Gasteiger partial charge in [-0.05, 0) is 23.8 Å². The normalized spacial score (nSPS) is 9.57. The van der Waals surface area contributed by atoms with Crippen LogP contribution in [0.25, 0.3) is 11.1 Å². The van der Waals surface area contributed by atoms with Gasteiger partial charge in [-0.15, -0.1) is 0 Å². The van der Waals surface area contributed by atoms with E-state index in [0.29, 0.717) is 11.3 Å². The van der Waals surface area contributed by atoms with Crippen molar-refractivity contribution in [3.63, 3.8) is 0 Å². The predicted octanol–water partition coefficient (Wildman–Crippen LogP) is 2.36. The molecule has 2 rings (SSSR count). The van der Waals surface area contributed by atoms with Crippen molar-refractivity contribution in [1.29, 1.82) is 0 Å². The van der Waals surface area contributed by atoms with Crippen LogP contribution in [-0.4, -0.2) is 17.1 Å². The van der Waals surface area contributed by atoms with Gasteiger partial charge in [0.15, 0.2) is 5.69 Å². The summed E-state index contributed by atoms with van der Waals surface area (Å²) >= 11 is 0. The Bertz CT molecular complexity index is 879. The van der Waals surface area contributed by atoms with E-state index in [1.807, 2.05) is 0 Å². The quantitative estimate of drug-likeness (QED) is 0.290. The van der Waals surface area contributed by atoms with E-state index in [-0.39, 0.29) is 16.9 Å². The molecule has 0 radical (unpaired) electrons. The highest BCUT2D eigenvalue weighted by molar-refractivity contribution is 5.95. The number of rotatable bonds is 4. The molecule has 0 saturated carbocycles. The number of anilines is 2. The fourth-order valence-electron chi connectivity index (χ4n) is 2.03. The number of carbonyl (C=O) groups excluding carboxylic acids is 2. The van der Waals surface area contributed by atoms with Crippen LogP contribution in [-0.2, 0) is 9.59 Å². The zero-order valence-corrected chi connectivity index (χ0v) is 11.5. The number of nitrogens with two attached hydrogens (primary N) is 2. The molecule has 0 saturated heterocycles. The molecule has 0 aromatic heterocycles. The average Bonchev–Trinajstić information content (AvgIpc) is 2.51. The van der Waals surface area contributed by atoms with Crippen LogP contribution >= 0.6 is 0 Å². The Morgan fingerprint density at radius 3 is 2.17 bits per heavy atom. The summed E-state index contributed by atoms with van der Waals surface area (Å²) in [6.07, 6.45) is 2.50. The van der Waals surface area contributed by atoms with Crippen LogP contribution in [0.1, 0.15) is 0 Å². The third-order valence-electron chi connectivity index (χ3n) is 3.02. The molecule has 0 aliphatic carbocycles. The maximum Gasteiger partial charge on any atom is 0.305 e. The number of hydrogen-bond acceptors (Lipinski definition) is 8. The van der Waals surface area contributed by atoms with Crippen molar-refractivity contribution < 1.29 is 14.5 Å². The lowest BCUT2D eigenvalue weighted by atomic mass is 10.00. The van der Waals surface area contributed by atoms with Gasteiger partial charge in [0.05, 0.1) is 16.2 Å². The molecule has 0 atom stereocenters. The van der Waals surface area contributed by atoms with Crippen molar-refractivity contribution in [2.75, 3.05) is 11.5 Å². The van der Waals surface area contributed by atoms with Gasteiger partial charge in [0.25, 0.3) is 0 Å². The first-order valence-corrected chi connectivity index (χ1v) is 6.12. The summed E-state index contributed by atoms with van der Waals surface area (Å²) in [6, 6.07) is 7.41. The van der Waals surface area contributed by atoms with E-state index < -0.39 is 16.3 Å². The molecule has 9 heteroatoms. The molecule has 0 spiro atoms. The van der Waals surface area contributed by atoms with Crippen molar-refractivity contribution in [1.82, 2.24) is 0 Å². The van der Waals surface area contributed by atoms with Crippen molar-refractivity contribution in [2.24, 2.45) is 9.98 Å². The molecule has 0 aliphatic rings. The molecule has 9 nitrogen and oxygen atoms in total. The summed E-state index contributed by atoms with van der Waals surface area (Å²) in [4.78, 5) is 38.4. The maximum atomic E-state index is 11.4. The van der Waals surface area contributed by atoms with Crippen molar-refractivity contribution in [3.8, 4) is 11.1 Å². The Kier molecular flexibility index (Phi) is 4.28. The molecular formula is C14H9N5O4. The van der Waals surface area contributed by atoms with Gasteiger partial charge in [0, 0.05) is 5.69 Å². The largest absolute Gasteiger partial charge is 0.399 e. The summed E-state index contributed by atoms with van der Waals surface area (Å²) in [5.41, 5.74) is 10.9. The van der Waals surface area contributed by atoms with Crippen LogP contribution in [0.5, 0.6) is 0 Å². The molecular weight excluding hydrogens is 302 g/mol. The lowest BCUT2D eigenvalue weighted by Crippen LogP contribution is -1.97. The summed E-state index contributed by atoms with van der Waals surface area (Å²) in [7, 11) is 0. The van der Waals surface area contributed by atoms with Crippen molar-refractivity contribution >= 4 is 40.6 Å². The topological polar surface area (TPSA) is 154 Å². The SMILES string of the molecule is Nc1ccc(-c2cc(N=C=O)c(N)c(N=C=O)c2[N+](=O)[O-])cc1. The minimum absolute atomic E-state index is 0.0761. The zero-order valence-electron chi connectivity index (χ0n) is 11.5. The van der Waals surface area contributed by atoms with Crippen LogP contribution in [0.15, 0.2) is 40.3 Å². The van der Waals surface area contributed by atoms with E-state index in [1.54, 1.807) is 12.1 Å². The van der Waals surface area contributed by atoms with Crippen LogP contribution in [0, 0.1) is 10.1 Å². The molecule has 0 heterocycles. The standard InChI is InChI=1S/C14H9N5O4/c15-9-3-1-8(2-4-9)10-5-11(17-6-20)12(16)13(18-7-21)14(10)19(22)23/h1-5H,15-16H2. The number of nitrogens with zero attached hydrogens (tertiary/aromatic N) is 3. The van der Waals surface area contributed by atoms with Gasteiger partial charge in [0.1, 0.15) is 5.69 Å². The molecule has 23 heavy (non-hydrogen) atoms. The van der Waals surface area contributed by atoms with Crippen molar-refractivity contribution in [3.05, 3.63) is 40.4 Å². The summed E-state index contributed by atoms with van der Waals surface area (Å²) in [5.74, 6) is 0. The van der Waals surface area contributed by atoms with E-state index in [4.69, 9.17) is 11.5 Å². The highest BCUT2D eigenvalue weighted by Crippen LogP contribution is 2.46. The molecule has 0 bridgehead atoms. The van der Waals surface area contributed by atoms with E-state index in [0.717, 1.165) is 0 Å². The van der Waals surface area contributed by atoms with Crippen LogP contribution in [0.4, 0.5) is 28.4 Å². The molecule has 2 aromatic rings. The number of benzene rings is 2. The van der Waals surface area contributed by atoms with Gasteiger partial charge >= 0.3 is 5.69 Å². The Hall–Kier alpha value is -3.80. The lowest BCUT2D eigenvalue weighted by Gasteiger charge is -2.09. The number of hydrogen-bond donors (Lipinski definition) is 2. The summed E-state index contributed by atoms with van der Waals surface area (Å²) in [5, 5.41) is 11.4. The highest BCUT2D eigenvalue weighted by atomic mass is 16.6. The molecule has 0 unspecified atom stereocenters. The molecule has 114 valence electrons. The van der Waals surface area contributed by atoms with E-state index in [9.17, 15) is 19.7 Å². The van der Waals surface area contributed by atoms with Gasteiger partial charge in [-0.2, -0.15) is 9.98 Å². The average molecular weight is 311 g/mol. The van der Waals surface area contributed by atoms with E-state index >= 15 is 0 Å². The minimum atomic E-state index is -0.730. The van der Waals surface area contributed by atoms with E-state index in [1.165, 1.54) is 30.4 Å². The first-order valence-electron chi connectivity index (χ1n) is 6.12. The number of nitro benzene ring substituents is 1. The second kappa shape index (κ2) is 6.31. The summed E-state index contributed by atoms with van der Waals surface area (Å²) in [6.45, 7) is 0. The Balaban J connectivity index is 2.93. The Morgan fingerprint density at radius 2 is 1.65 bits per heavy atom. The third-order valence-corrected chi connectivity index (χ3v) is 3.02. The van der Waals surface area contributed by atoms with Gasteiger partial charge < -0.3 is 11.5 Å². The molecule has 4 N–H and O–H groups in total. The van der Waals surface area contributed by atoms with Gasteiger partial charge in [-0.3, -0.25) is 10.1 Å². The second-order valence-corrected chi connectivity index (χ2v) is 4.34. The van der Waals surface area contributed by atoms with Gasteiger partial charge in [-0.1, -0.05) is 12.1 Å². The number of nitrogen functional groups attached to an aromatic ring is 2. The van der Waals surface area contributed by atoms with E-state index in [2.05, 4.69) is 9.98 Å². The first-order chi connectivity index (χ1) is 11.0. The Labute approximate surface area is 129 Å². The fraction of sp³-hybridized carbons (Fsp3) is 0. The van der Waals surface area contributed by atoms with Crippen LogP contribution in [0.2, 0.25) is 0 Å². The minimum Gasteiger partial charge on any atom is -0.399 e. The molecule has 0 fully saturated rings. The first kappa shape index (κ1) is 15.6. The number of nitro groups is 1. The monoisotopic (exact) mass is 311 g/mol. The smallest absolute Gasteiger partial charge is 0.305 e. The second-order valence-electron chi connectivity index (χ2n) is 4.34. The van der Waals surface area contributed by atoms with Gasteiger partial charge in [0.2, 0.25) is 12.2 Å². The Morgan fingerprint density at radius 1 is 1.04 bits per heavy atom. The van der Waals surface area contributed by atoms with Crippen molar-refractivity contribution in [2.45, 2.75) is 0 Å². The van der Waals surface area contributed by atoms with Gasteiger partial charge in [-0.25, -0.2) is 9.59 Å². The lowest BCUT2D eigenvalue weighted by molar-refractivity contribution is -0.383. The fourth-order valence-corrected chi connectivity index (χ4v) is 2.03. The summed E-state index contributed by atoms with van der Waals surface area (Å²) < 4.78 is 0. The molecule has 0 amide bonds. The maximum absolute atomic E-state index is 11.4. The van der Waals surface area contributed by atoms with Crippen LogP contribution in [0.3, 0.4) is 0 Å². The highest BCUT2D eigenvalue weighted by Gasteiger charge is 2.26. The third kappa shape index (κ3) is 2.96. The number of isocyanates is 2. The number of aliphatic imine (C=N–C) groups is 2. The molecule has 0 aliphatic heterocycles.